The summed E-state index contributed by atoms with van der Waals surface area (Å²) < 4.78 is 13.6. The van der Waals surface area contributed by atoms with Gasteiger partial charge in [0.2, 0.25) is 5.95 Å². The number of aryl methyl sites for hydroxylation is 1. The summed E-state index contributed by atoms with van der Waals surface area (Å²) in [5.74, 6) is 0.178. The molecule has 4 nitrogen and oxygen atoms in total. The molecule has 0 amide bonds. The van der Waals surface area contributed by atoms with Gasteiger partial charge in [0, 0.05) is 6.20 Å². The van der Waals surface area contributed by atoms with Gasteiger partial charge in [0.25, 0.3) is 0 Å². The number of rotatable bonds is 4. The number of nitrogens with two attached hydrogens (primary N) is 1. The zero-order valence-corrected chi connectivity index (χ0v) is 12.0. The van der Waals surface area contributed by atoms with Crippen LogP contribution in [0.2, 0.25) is 0 Å². The van der Waals surface area contributed by atoms with Gasteiger partial charge in [-0.15, -0.1) is 0 Å². The van der Waals surface area contributed by atoms with Gasteiger partial charge in [-0.25, -0.2) is 14.4 Å². The topological polar surface area (TPSA) is 63.8 Å². The lowest BCUT2D eigenvalue weighted by Gasteiger charge is -2.15. The van der Waals surface area contributed by atoms with Crippen LogP contribution in [-0.4, -0.2) is 15.0 Å². The molecule has 3 N–H and O–H groups in total. The molecule has 1 aromatic carbocycles. The van der Waals surface area contributed by atoms with Crippen molar-refractivity contribution in [2.24, 2.45) is 5.73 Å². The van der Waals surface area contributed by atoms with Gasteiger partial charge < -0.3 is 11.1 Å². The Bertz CT molecular complexity index is 645. The molecular formula is C14H15FN4S. The van der Waals surface area contributed by atoms with E-state index in [0.717, 1.165) is 5.56 Å². The normalized spacial score (nSPS) is 11.9. The average molecular weight is 290 g/mol. The third-order valence-corrected chi connectivity index (χ3v) is 3.16. The molecule has 0 bridgehead atoms. The molecule has 0 fully saturated rings. The lowest BCUT2D eigenvalue weighted by Crippen LogP contribution is -2.15. The van der Waals surface area contributed by atoms with Crippen molar-refractivity contribution in [1.82, 2.24) is 9.97 Å². The van der Waals surface area contributed by atoms with E-state index in [9.17, 15) is 4.39 Å². The van der Waals surface area contributed by atoms with Gasteiger partial charge in [0.1, 0.15) is 16.5 Å². The molecule has 1 unspecified atom stereocenters. The first kappa shape index (κ1) is 14.3. The Kier molecular flexibility index (Phi) is 4.24. The largest absolute Gasteiger partial charge is 0.388 e. The van der Waals surface area contributed by atoms with Gasteiger partial charge in [-0.05, 0) is 37.1 Å². The van der Waals surface area contributed by atoms with E-state index in [4.69, 9.17) is 18.0 Å². The van der Waals surface area contributed by atoms with Crippen molar-refractivity contribution >= 4 is 23.2 Å². The highest BCUT2D eigenvalue weighted by Gasteiger charge is 2.10. The summed E-state index contributed by atoms with van der Waals surface area (Å²) >= 11 is 4.87. The summed E-state index contributed by atoms with van der Waals surface area (Å²) in [4.78, 5) is 8.50. The van der Waals surface area contributed by atoms with Crippen LogP contribution in [-0.2, 0) is 0 Å². The second kappa shape index (κ2) is 5.92. The third kappa shape index (κ3) is 3.27. The van der Waals surface area contributed by atoms with Crippen molar-refractivity contribution in [3.05, 3.63) is 53.1 Å². The third-order valence-electron chi connectivity index (χ3n) is 2.95. The van der Waals surface area contributed by atoms with Crippen LogP contribution in [0.25, 0.3) is 0 Å². The van der Waals surface area contributed by atoms with E-state index in [1.54, 1.807) is 25.3 Å². The smallest absolute Gasteiger partial charge is 0.223 e. The number of hydrogen-bond acceptors (Lipinski definition) is 4. The molecule has 0 spiro atoms. The van der Waals surface area contributed by atoms with E-state index < -0.39 is 0 Å². The van der Waals surface area contributed by atoms with Crippen molar-refractivity contribution in [2.45, 2.75) is 19.9 Å². The van der Waals surface area contributed by atoms with Gasteiger partial charge >= 0.3 is 0 Å². The summed E-state index contributed by atoms with van der Waals surface area (Å²) in [5, 5.41) is 3.10. The number of halogens is 1. The van der Waals surface area contributed by atoms with Crippen molar-refractivity contribution in [3.8, 4) is 0 Å². The number of thiocarbonyl (C=S) groups is 1. The fourth-order valence-corrected chi connectivity index (χ4v) is 1.83. The van der Waals surface area contributed by atoms with Gasteiger partial charge in [0.05, 0.1) is 6.04 Å². The molecule has 0 aliphatic carbocycles. The number of anilines is 1. The zero-order valence-electron chi connectivity index (χ0n) is 11.2. The predicted molar refractivity (Wildman–Crippen MR) is 81.1 cm³/mol. The maximum atomic E-state index is 13.6. The monoisotopic (exact) mass is 290 g/mol. The summed E-state index contributed by atoms with van der Waals surface area (Å²) in [6, 6.07) is 6.63. The van der Waals surface area contributed by atoms with Crippen LogP contribution >= 0.6 is 12.2 Å². The predicted octanol–water partition coefficient (Wildman–Crippen LogP) is 2.73. The summed E-state index contributed by atoms with van der Waals surface area (Å²) in [7, 11) is 0. The van der Waals surface area contributed by atoms with E-state index in [2.05, 4.69) is 15.3 Å². The minimum atomic E-state index is -0.228. The van der Waals surface area contributed by atoms with Crippen LogP contribution in [0.3, 0.4) is 0 Å². The van der Waals surface area contributed by atoms with Gasteiger partial charge in [0.15, 0.2) is 0 Å². The molecule has 1 heterocycles. The maximum Gasteiger partial charge on any atom is 0.223 e. The van der Waals surface area contributed by atoms with Crippen molar-refractivity contribution in [2.75, 3.05) is 5.32 Å². The van der Waals surface area contributed by atoms with E-state index in [0.29, 0.717) is 17.2 Å². The molecule has 1 atom stereocenters. The molecule has 0 radical (unpaired) electrons. The quantitative estimate of drug-likeness (QED) is 0.848. The lowest BCUT2D eigenvalue weighted by molar-refractivity contribution is 0.614. The van der Waals surface area contributed by atoms with E-state index in [1.807, 2.05) is 13.0 Å². The molecule has 2 aromatic rings. The van der Waals surface area contributed by atoms with E-state index >= 15 is 0 Å². The Morgan fingerprint density at radius 1 is 1.40 bits per heavy atom. The van der Waals surface area contributed by atoms with Crippen LogP contribution in [0.1, 0.15) is 29.8 Å². The molecule has 104 valence electrons. The van der Waals surface area contributed by atoms with Gasteiger partial charge in [-0.2, -0.15) is 0 Å². The van der Waals surface area contributed by atoms with Crippen molar-refractivity contribution in [1.29, 1.82) is 0 Å². The molecule has 0 saturated heterocycles. The first-order chi connectivity index (χ1) is 9.47. The van der Waals surface area contributed by atoms with Crippen LogP contribution in [0, 0.1) is 12.7 Å². The Labute approximate surface area is 122 Å². The number of nitrogens with one attached hydrogen (secondary N) is 1. The first-order valence-corrected chi connectivity index (χ1v) is 6.53. The van der Waals surface area contributed by atoms with Crippen LogP contribution in [0.4, 0.5) is 10.3 Å². The standard InChI is InChI=1S/C14H15FN4S/c1-8-3-4-10(7-11(8)15)9(2)18-14-17-6-5-12(19-14)13(16)20/h3-7,9H,1-2H3,(H2,16,20)(H,17,18,19). The fourth-order valence-electron chi connectivity index (χ4n) is 1.72. The molecule has 0 saturated carbocycles. The number of nitrogens with zero attached hydrogens (tertiary/aromatic N) is 2. The highest BCUT2D eigenvalue weighted by Crippen LogP contribution is 2.19. The Morgan fingerprint density at radius 2 is 2.15 bits per heavy atom. The minimum absolute atomic E-state index is 0.133. The Balaban J connectivity index is 2.18. The number of hydrogen-bond donors (Lipinski definition) is 2. The highest BCUT2D eigenvalue weighted by molar-refractivity contribution is 7.80. The van der Waals surface area contributed by atoms with Crippen LogP contribution in [0.15, 0.2) is 30.5 Å². The van der Waals surface area contributed by atoms with Gasteiger partial charge in [-0.1, -0.05) is 24.4 Å². The maximum absolute atomic E-state index is 13.6. The van der Waals surface area contributed by atoms with Gasteiger partial charge in [-0.3, -0.25) is 0 Å². The molecule has 2 rings (SSSR count). The zero-order chi connectivity index (χ0) is 14.7. The van der Waals surface area contributed by atoms with Crippen molar-refractivity contribution < 1.29 is 4.39 Å². The Hall–Kier alpha value is -2.08. The summed E-state index contributed by atoms with van der Waals surface area (Å²) in [6.07, 6.45) is 1.58. The number of aromatic nitrogens is 2. The first-order valence-electron chi connectivity index (χ1n) is 6.13. The SMILES string of the molecule is Cc1ccc(C(C)Nc2nccc(C(N)=S)n2)cc1F. The van der Waals surface area contributed by atoms with E-state index in [1.165, 1.54) is 6.07 Å². The summed E-state index contributed by atoms with van der Waals surface area (Å²) in [6.45, 7) is 3.63. The second-order valence-electron chi connectivity index (χ2n) is 4.50. The van der Waals surface area contributed by atoms with Crippen molar-refractivity contribution in [3.63, 3.8) is 0 Å². The lowest BCUT2D eigenvalue weighted by atomic mass is 10.1. The molecule has 1 aromatic heterocycles. The second-order valence-corrected chi connectivity index (χ2v) is 4.94. The van der Waals surface area contributed by atoms with Crippen LogP contribution < -0.4 is 11.1 Å². The average Bonchev–Trinajstić information content (AvgIpc) is 2.42. The molecular weight excluding hydrogens is 275 g/mol. The highest BCUT2D eigenvalue weighted by atomic mass is 32.1. The Morgan fingerprint density at radius 3 is 2.80 bits per heavy atom. The minimum Gasteiger partial charge on any atom is -0.388 e. The fraction of sp³-hybridized carbons (Fsp3) is 0.214. The van der Waals surface area contributed by atoms with E-state index in [-0.39, 0.29) is 16.8 Å². The molecule has 20 heavy (non-hydrogen) atoms. The number of benzene rings is 1. The molecule has 0 aliphatic rings. The van der Waals surface area contributed by atoms with Crippen LogP contribution in [0.5, 0.6) is 0 Å². The summed E-state index contributed by atoms with van der Waals surface area (Å²) in [5.41, 5.74) is 7.46. The molecule has 0 aliphatic heterocycles. The molecule has 6 heteroatoms.